The lowest BCUT2D eigenvalue weighted by Gasteiger charge is -2.46. The molecule has 21 heavy (non-hydrogen) atoms. The maximum absolute atomic E-state index is 12.8. The predicted molar refractivity (Wildman–Crippen MR) is 83.8 cm³/mol. The SMILES string of the molecule is CC(C)CCN1C(=O)C(C)(C)NC(=O)C1C1CCCCC1. The van der Waals surface area contributed by atoms with Crippen LogP contribution in [0.3, 0.4) is 0 Å². The highest BCUT2D eigenvalue weighted by Gasteiger charge is 2.47. The topological polar surface area (TPSA) is 49.4 Å². The molecule has 0 aromatic carbocycles. The van der Waals surface area contributed by atoms with Gasteiger partial charge in [0.05, 0.1) is 0 Å². The highest BCUT2D eigenvalue weighted by Crippen LogP contribution is 2.32. The minimum Gasteiger partial charge on any atom is -0.340 e. The average Bonchev–Trinajstić information content (AvgIpc) is 2.41. The first kappa shape index (κ1) is 16.3. The van der Waals surface area contributed by atoms with E-state index in [0.717, 1.165) is 19.3 Å². The molecule has 0 bridgehead atoms. The van der Waals surface area contributed by atoms with Crippen molar-refractivity contribution in [2.75, 3.05) is 6.54 Å². The van der Waals surface area contributed by atoms with Crippen LogP contribution in [0, 0.1) is 11.8 Å². The van der Waals surface area contributed by atoms with Crippen molar-refractivity contribution in [3.05, 3.63) is 0 Å². The number of hydrogen-bond acceptors (Lipinski definition) is 2. The van der Waals surface area contributed by atoms with Gasteiger partial charge < -0.3 is 10.2 Å². The summed E-state index contributed by atoms with van der Waals surface area (Å²) in [6, 6.07) is -0.246. The largest absolute Gasteiger partial charge is 0.340 e. The number of amides is 2. The average molecular weight is 294 g/mol. The number of piperazine rings is 1. The molecule has 1 saturated heterocycles. The van der Waals surface area contributed by atoms with E-state index in [2.05, 4.69) is 19.2 Å². The van der Waals surface area contributed by atoms with Crippen LogP contribution < -0.4 is 5.32 Å². The normalized spacial score (nSPS) is 27.1. The standard InChI is InChI=1S/C17H30N2O2/c1-12(2)10-11-19-14(13-8-6-5-7-9-13)15(20)18-17(3,4)16(19)21/h12-14H,5-11H2,1-4H3,(H,18,20). The van der Waals surface area contributed by atoms with Gasteiger partial charge in [0.1, 0.15) is 11.6 Å². The second kappa shape index (κ2) is 6.37. The molecule has 0 aromatic heterocycles. The molecule has 1 unspecified atom stereocenters. The molecule has 2 fully saturated rings. The zero-order valence-corrected chi connectivity index (χ0v) is 13.9. The Morgan fingerprint density at radius 3 is 2.38 bits per heavy atom. The van der Waals surface area contributed by atoms with Crippen LogP contribution in [0.5, 0.6) is 0 Å². The van der Waals surface area contributed by atoms with Crippen molar-refractivity contribution in [3.8, 4) is 0 Å². The van der Waals surface area contributed by atoms with Gasteiger partial charge in [-0.25, -0.2) is 0 Å². The van der Waals surface area contributed by atoms with E-state index >= 15 is 0 Å². The van der Waals surface area contributed by atoms with Gasteiger partial charge in [0, 0.05) is 6.54 Å². The molecular formula is C17H30N2O2. The van der Waals surface area contributed by atoms with Gasteiger partial charge in [0.25, 0.3) is 0 Å². The van der Waals surface area contributed by atoms with Crippen LogP contribution in [-0.2, 0) is 9.59 Å². The summed E-state index contributed by atoms with van der Waals surface area (Å²) < 4.78 is 0. The number of carbonyl (C=O) groups excluding carboxylic acids is 2. The van der Waals surface area contributed by atoms with Crippen molar-refractivity contribution in [1.82, 2.24) is 10.2 Å². The molecule has 1 heterocycles. The van der Waals surface area contributed by atoms with Crippen molar-refractivity contribution in [2.24, 2.45) is 11.8 Å². The van der Waals surface area contributed by atoms with E-state index in [0.29, 0.717) is 18.4 Å². The smallest absolute Gasteiger partial charge is 0.248 e. The Balaban J connectivity index is 2.20. The van der Waals surface area contributed by atoms with Gasteiger partial charge in [0.2, 0.25) is 11.8 Å². The summed E-state index contributed by atoms with van der Waals surface area (Å²) in [6.45, 7) is 8.65. The first-order chi connectivity index (χ1) is 9.83. The van der Waals surface area contributed by atoms with Gasteiger partial charge in [-0.05, 0) is 44.9 Å². The Hall–Kier alpha value is -1.06. The molecule has 2 rings (SSSR count). The predicted octanol–water partition coefficient (Wildman–Crippen LogP) is 2.72. The van der Waals surface area contributed by atoms with Crippen molar-refractivity contribution in [1.29, 1.82) is 0 Å². The van der Waals surface area contributed by atoms with E-state index in [1.54, 1.807) is 0 Å². The van der Waals surface area contributed by atoms with Crippen molar-refractivity contribution >= 4 is 11.8 Å². The van der Waals surface area contributed by atoms with E-state index in [4.69, 9.17) is 0 Å². The number of carbonyl (C=O) groups is 2. The first-order valence-corrected chi connectivity index (χ1v) is 8.46. The minimum absolute atomic E-state index is 0.0512. The maximum atomic E-state index is 12.8. The lowest BCUT2D eigenvalue weighted by Crippen LogP contribution is -2.69. The summed E-state index contributed by atoms with van der Waals surface area (Å²) in [5.74, 6) is 1.01. The van der Waals surface area contributed by atoms with Gasteiger partial charge >= 0.3 is 0 Å². The van der Waals surface area contributed by atoms with Gasteiger partial charge in [-0.1, -0.05) is 33.1 Å². The quantitative estimate of drug-likeness (QED) is 0.866. The minimum atomic E-state index is -0.765. The van der Waals surface area contributed by atoms with E-state index in [1.807, 2.05) is 18.7 Å². The van der Waals surface area contributed by atoms with E-state index in [-0.39, 0.29) is 17.9 Å². The zero-order valence-electron chi connectivity index (χ0n) is 13.9. The Morgan fingerprint density at radius 1 is 1.19 bits per heavy atom. The van der Waals surface area contributed by atoms with Crippen LogP contribution in [0.2, 0.25) is 0 Å². The summed E-state index contributed by atoms with van der Waals surface area (Å²) in [4.78, 5) is 27.3. The fraction of sp³-hybridized carbons (Fsp3) is 0.882. The Morgan fingerprint density at radius 2 is 1.81 bits per heavy atom. The molecule has 4 heteroatoms. The summed E-state index contributed by atoms with van der Waals surface area (Å²) in [5, 5.41) is 2.94. The molecular weight excluding hydrogens is 264 g/mol. The molecule has 2 aliphatic rings. The summed E-state index contributed by atoms with van der Waals surface area (Å²) in [5.41, 5.74) is -0.765. The van der Waals surface area contributed by atoms with Gasteiger partial charge in [-0.3, -0.25) is 9.59 Å². The third-order valence-corrected chi connectivity index (χ3v) is 4.88. The zero-order chi connectivity index (χ0) is 15.6. The van der Waals surface area contributed by atoms with E-state index in [1.165, 1.54) is 19.3 Å². The fourth-order valence-corrected chi connectivity index (χ4v) is 3.62. The Bertz CT molecular complexity index is 398. The third-order valence-electron chi connectivity index (χ3n) is 4.88. The van der Waals surface area contributed by atoms with E-state index < -0.39 is 5.54 Å². The second-order valence-electron chi connectivity index (χ2n) is 7.64. The van der Waals surface area contributed by atoms with Crippen LogP contribution in [0.1, 0.15) is 66.2 Å². The molecule has 1 N–H and O–H groups in total. The summed E-state index contributed by atoms with van der Waals surface area (Å²) in [6.07, 6.45) is 6.73. The lowest BCUT2D eigenvalue weighted by atomic mass is 9.80. The lowest BCUT2D eigenvalue weighted by molar-refractivity contribution is -0.156. The van der Waals surface area contributed by atoms with Crippen LogP contribution in [-0.4, -0.2) is 34.8 Å². The maximum Gasteiger partial charge on any atom is 0.248 e. The second-order valence-corrected chi connectivity index (χ2v) is 7.64. The van der Waals surface area contributed by atoms with Crippen LogP contribution in [0.15, 0.2) is 0 Å². The third kappa shape index (κ3) is 3.58. The molecule has 120 valence electrons. The van der Waals surface area contributed by atoms with Crippen LogP contribution >= 0.6 is 0 Å². The monoisotopic (exact) mass is 294 g/mol. The van der Waals surface area contributed by atoms with Gasteiger partial charge in [-0.2, -0.15) is 0 Å². The number of rotatable bonds is 4. The van der Waals surface area contributed by atoms with Crippen LogP contribution in [0.4, 0.5) is 0 Å². The summed E-state index contributed by atoms with van der Waals surface area (Å²) >= 11 is 0. The molecule has 4 nitrogen and oxygen atoms in total. The number of hydrogen-bond donors (Lipinski definition) is 1. The Kier molecular flexibility index (Phi) is 4.95. The first-order valence-electron chi connectivity index (χ1n) is 8.46. The highest BCUT2D eigenvalue weighted by atomic mass is 16.2. The molecule has 1 saturated carbocycles. The van der Waals surface area contributed by atoms with Crippen molar-refractivity contribution < 1.29 is 9.59 Å². The van der Waals surface area contributed by atoms with Gasteiger partial charge in [-0.15, -0.1) is 0 Å². The van der Waals surface area contributed by atoms with Gasteiger partial charge in [0.15, 0.2) is 0 Å². The molecule has 0 aromatic rings. The molecule has 0 radical (unpaired) electrons. The summed E-state index contributed by atoms with van der Waals surface area (Å²) in [7, 11) is 0. The molecule has 1 aliphatic heterocycles. The molecule has 1 aliphatic carbocycles. The van der Waals surface area contributed by atoms with Crippen molar-refractivity contribution in [2.45, 2.75) is 77.8 Å². The Labute approximate surface area is 128 Å². The van der Waals surface area contributed by atoms with E-state index in [9.17, 15) is 9.59 Å². The highest BCUT2D eigenvalue weighted by molar-refractivity contribution is 5.99. The molecule has 0 spiro atoms. The molecule has 1 atom stereocenters. The number of nitrogens with zero attached hydrogens (tertiary/aromatic N) is 1. The fourth-order valence-electron chi connectivity index (χ4n) is 3.62. The van der Waals surface area contributed by atoms with Crippen LogP contribution in [0.25, 0.3) is 0 Å². The van der Waals surface area contributed by atoms with Crippen molar-refractivity contribution in [3.63, 3.8) is 0 Å². The molecule has 2 amide bonds. The number of nitrogens with one attached hydrogen (secondary N) is 1.